The Morgan fingerprint density at radius 2 is 1.91 bits per heavy atom. The van der Waals surface area contributed by atoms with Gasteiger partial charge >= 0.3 is 0 Å². The number of hydrogen-bond acceptors (Lipinski definition) is 5. The van der Waals surface area contributed by atoms with E-state index in [1.807, 2.05) is 30.3 Å². The monoisotopic (exact) mass is 289 g/mol. The van der Waals surface area contributed by atoms with Crippen molar-refractivity contribution in [1.29, 1.82) is 0 Å². The van der Waals surface area contributed by atoms with Crippen molar-refractivity contribution in [1.82, 2.24) is 9.97 Å². The molecule has 0 aliphatic carbocycles. The van der Waals surface area contributed by atoms with Gasteiger partial charge in [-0.05, 0) is 30.3 Å². The fourth-order valence-corrected chi connectivity index (χ4v) is 2.47. The maximum atomic E-state index is 11.6. The number of ketones is 1. The van der Waals surface area contributed by atoms with Crippen molar-refractivity contribution in [3.05, 3.63) is 54.4 Å². The van der Waals surface area contributed by atoms with Crippen molar-refractivity contribution in [3.63, 3.8) is 0 Å². The number of aromatic nitrogens is 2. The van der Waals surface area contributed by atoms with Crippen LogP contribution in [0.15, 0.2) is 53.8 Å². The predicted molar refractivity (Wildman–Crippen MR) is 82.9 cm³/mol. The Morgan fingerprint density at radius 1 is 0.955 bits per heavy atom. The fourth-order valence-electron chi connectivity index (χ4n) is 2.47. The third-order valence-corrected chi connectivity index (χ3v) is 3.50. The first kappa shape index (κ1) is 12.6. The number of pyridine rings is 2. The molecule has 1 aromatic carbocycles. The summed E-state index contributed by atoms with van der Waals surface area (Å²) in [6, 6.07) is 11.3. The van der Waals surface area contributed by atoms with Crippen LogP contribution in [0.3, 0.4) is 0 Å². The maximum absolute atomic E-state index is 11.6. The summed E-state index contributed by atoms with van der Waals surface area (Å²) in [7, 11) is 0. The molecule has 0 saturated carbocycles. The lowest BCUT2D eigenvalue weighted by Gasteiger charge is -2.14. The SMILES string of the molecule is O=C1C=Nc2nccc(Oc3cccc4ncccc34)c2C1. The van der Waals surface area contributed by atoms with Crippen molar-refractivity contribution >= 4 is 28.7 Å². The van der Waals surface area contributed by atoms with Crippen LogP contribution in [0.4, 0.5) is 5.82 Å². The average molecular weight is 289 g/mol. The molecule has 3 heterocycles. The molecule has 1 aliphatic heterocycles. The number of hydrogen-bond donors (Lipinski definition) is 0. The number of nitrogens with zero attached hydrogens (tertiary/aromatic N) is 3. The molecule has 0 saturated heterocycles. The summed E-state index contributed by atoms with van der Waals surface area (Å²) >= 11 is 0. The van der Waals surface area contributed by atoms with Crippen molar-refractivity contribution < 1.29 is 9.53 Å². The topological polar surface area (TPSA) is 64.4 Å². The van der Waals surface area contributed by atoms with Crippen molar-refractivity contribution in [2.75, 3.05) is 0 Å². The van der Waals surface area contributed by atoms with E-state index in [9.17, 15) is 4.79 Å². The molecule has 0 bridgehead atoms. The Bertz CT molecular complexity index is 913. The average Bonchev–Trinajstić information content (AvgIpc) is 2.56. The standard InChI is InChI=1S/C17H11N3O2/c21-11-9-13-16(6-8-19-17(13)20-10-11)22-15-5-1-4-14-12(15)3-2-7-18-14/h1-8,10H,9H2. The zero-order valence-electron chi connectivity index (χ0n) is 11.6. The number of rotatable bonds is 2. The molecule has 2 aromatic heterocycles. The van der Waals surface area contributed by atoms with Gasteiger partial charge < -0.3 is 4.74 Å². The highest BCUT2D eigenvalue weighted by Gasteiger charge is 2.18. The second-order valence-corrected chi connectivity index (χ2v) is 4.94. The van der Waals surface area contributed by atoms with Crippen LogP contribution in [0.1, 0.15) is 5.56 Å². The Kier molecular flexibility index (Phi) is 2.89. The molecule has 106 valence electrons. The molecule has 0 amide bonds. The molecule has 0 unspecified atom stereocenters. The summed E-state index contributed by atoms with van der Waals surface area (Å²) in [5, 5.41) is 0.918. The zero-order chi connectivity index (χ0) is 14.9. The van der Waals surface area contributed by atoms with Crippen molar-refractivity contribution in [3.8, 4) is 11.5 Å². The second kappa shape index (κ2) is 5.04. The summed E-state index contributed by atoms with van der Waals surface area (Å²) in [6.45, 7) is 0. The van der Waals surface area contributed by atoms with E-state index < -0.39 is 0 Å². The van der Waals surface area contributed by atoms with E-state index in [0.717, 1.165) is 16.5 Å². The van der Waals surface area contributed by atoms with Gasteiger partial charge in [0.25, 0.3) is 0 Å². The molecule has 0 atom stereocenters. The van der Waals surface area contributed by atoms with Crippen LogP contribution in [0.2, 0.25) is 0 Å². The van der Waals surface area contributed by atoms with Gasteiger partial charge in [0, 0.05) is 29.8 Å². The van der Waals surface area contributed by atoms with E-state index >= 15 is 0 Å². The van der Waals surface area contributed by atoms with Crippen LogP contribution in [-0.4, -0.2) is 22.0 Å². The second-order valence-electron chi connectivity index (χ2n) is 4.94. The summed E-state index contributed by atoms with van der Waals surface area (Å²) < 4.78 is 6.03. The van der Waals surface area contributed by atoms with Crippen LogP contribution in [0.25, 0.3) is 10.9 Å². The lowest BCUT2D eigenvalue weighted by molar-refractivity contribution is -0.112. The summed E-state index contributed by atoms with van der Waals surface area (Å²) in [6.07, 6.45) is 4.93. The molecule has 3 aromatic rings. The number of carbonyl (C=O) groups is 1. The highest BCUT2D eigenvalue weighted by Crippen LogP contribution is 2.35. The number of ether oxygens (including phenoxy) is 1. The van der Waals surface area contributed by atoms with Crippen LogP contribution in [-0.2, 0) is 11.2 Å². The van der Waals surface area contributed by atoms with Crippen LogP contribution >= 0.6 is 0 Å². The third kappa shape index (κ3) is 2.13. The first-order valence-corrected chi connectivity index (χ1v) is 6.87. The fraction of sp³-hybridized carbons (Fsp3) is 0.0588. The first-order chi connectivity index (χ1) is 10.8. The summed E-state index contributed by atoms with van der Waals surface area (Å²) in [4.78, 5) is 24.1. The Morgan fingerprint density at radius 3 is 2.86 bits per heavy atom. The predicted octanol–water partition coefficient (Wildman–Crippen LogP) is 3.25. The minimum absolute atomic E-state index is 0.0510. The van der Waals surface area contributed by atoms with Gasteiger partial charge in [-0.15, -0.1) is 0 Å². The molecule has 22 heavy (non-hydrogen) atoms. The smallest absolute Gasteiger partial charge is 0.178 e. The molecule has 0 radical (unpaired) electrons. The number of carbonyl (C=O) groups excluding carboxylic acids is 1. The normalized spacial score (nSPS) is 13.2. The highest BCUT2D eigenvalue weighted by atomic mass is 16.5. The lowest BCUT2D eigenvalue weighted by Crippen LogP contribution is -2.10. The van der Waals surface area contributed by atoms with E-state index in [1.165, 1.54) is 6.21 Å². The Labute approximate surface area is 126 Å². The van der Waals surface area contributed by atoms with E-state index in [-0.39, 0.29) is 12.2 Å². The van der Waals surface area contributed by atoms with Gasteiger partial charge in [0.15, 0.2) is 11.6 Å². The van der Waals surface area contributed by atoms with E-state index in [1.54, 1.807) is 18.5 Å². The van der Waals surface area contributed by atoms with Gasteiger partial charge in [-0.3, -0.25) is 9.78 Å². The minimum Gasteiger partial charge on any atom is -0.456 e. The van der Waals surface area contributed by atoms with Crippen molar-refractivity contribution in [2.45, 2.75) is 6.42 Å². The first-order valence-electron chi connectivity index (χ1n) is 6.87. The lowest BCUT2D eigenvalue weighted by atomic mass is 10.1. The quantitative estimate of drug-likeness (QED) is 0.726. The number of aliphatic imine (C=N–C) groups is 1. The van der Waals surface area contributed by atoms with Gasteiger partial charge in [-0.1, -0.05) is 6.07 Å². The van der Waals surface area contributed by atoms with Crippen LogP contribution < -0.4 is 4.74 Å². The van der Waals surface area contributed by atoms with Crippen LogP contribution in [0.5, 0.6) is 11.5 Å². The van der Waals surface area contributed by atoms with Gasteiger partial charge in [0.2, 0.25) is 0 Å². The maximum Gasteiger partial charge on any atom is 0.178 e. The summed E-state index contributed by atoms with van der Waals surface area (Å²) in [5.74, 6) is 1.79. The molecule has 0 N–H and O–H groups in total. The molecular weight excluding hydrogens is 278 g/mol. The van der Waals surface area contributed by atoms with E-state index in [2.05, 4.69) is 15.0 Å². The summed E-state index contributed by atoms with van der Waals surface area (Å²) in [5.41, 5.74) is 1.58. The Hall–Kier alpha value is -3.08. The molecule has 4 rings (SSSR count). The highest BCUT2D eigenvalue weighted by molar-refractivity contribution is 6.29. The van der Waals surface area contributed by atoms with Gasteiger partial charge in [0.1, 0.15) is 11.5 Å². The zero-order valence-corrected chi connectivity index (χ0v) is 11.6. The van der Waals surface area contributed by atoms with Crippen LogP contribution in [0, 0.1) is 0 Å². The third-order valence-electron chi connectivity index (χ3n) is 3.50. The van der Waals surface area contributed by atoms with Gasteiger partial charge in [-0.25, -0.2) is 9.98 Å². The number of benzene rings is 1. The van der Waals surface area contributed by atoms with Crippen molar-refractivity contribution in [2.24, 2.45) is 4.99 Å². The van der Waals surface area contributed by atoms with E-state index in [4.69, 9.17) is 4.74 Å². The molecule has 0 fully saturated rings. The van der Waals surface area contributed by atoms with E-state index in [0.29, 0.717) is 17.3 Å². The molecule has 5 heteroatoms. The Balaban J connectivity index is 1.81. The number of Topliss-reactive ketones (excluding diaryl/α,β-unsaturated/α-hetero) is 1. The number of fused-ring (bicyclic) bond motifs is 2. The minimum atomic E-state index is -0.0510. The largest absolute Gasteiger partial charge is 0.456 e. The molecule has 1 aliphatic rings. The molecular formula is C17H11N3O2. The molecule has 0 spiro atoms. The molecule has 5 nitrogen and oxygen atoms in total. The van der Waals surface area contributed by atoms with Gasteiger partial charge in [-0.2, -0.15) is 0 Å². The van der Waals surface area contributed by atoms with Gasteiger partial charge in [0.05, 0.1) is 11.7 Å².